The Morgan fingerprint density at radius 2 is 1.48 bits per heavy atom. The first-order valence-electron chi connectivity index (χ1n) is 10.6. The van der Waals surface area contributed by atoms with Crippen LogP contribution in [-0.2, 0) is 6.61 Å². The predicted octanol–water partition coefficient (Wildman–Crippen LogP) is 6.21. The zero-order chi connectivity index (χ0) is 22.8. The fourth-order valence-corrected chi connectivity index (χ4v) is 3.99. The highest BCUT2D eigenvalue weighted by molar-refractivity contribution is 5.86. The zero-order valence-corrected chi connectivity index (χ0v) is 18.3. The van der Waals surface area contributed by atoms with Crippen molar-refractivity contribution in [1.82, 2.24) is 0 Å². The van der Waals surface area contributed by atoms with Gasteiger partial charge in [-0.25, -0.2) is 0 Å². The summed E-state index contributed by atoms with van der Waals surface area (Å²) in [5, 5.41) is 2.66. The Balaban J connectivity index is 1.64. The third-order valence-corrected chi connectivity index (χ3v) is 5.65. The molecule has 0 saturated carbocycles. The molecule has 33 heavy (non-hydrogen) atoms. The van der Waals surface area contributed by atoms with E-state index in [0.717, 1.165) is 16.3 Å². The minimum absolute atomic E-state index is 0.161. The quantitative estimate of drug-likeness (QED) is 0.315. The topological polar surface area (TPSA) is 57.9 Å². The van der Waals surface area contributed by atoms with E-state index in [9.17, 15) is 4.79 Å². The van der Waals surface area contributed by atoms with E-state index in [0.29, 0.717) is 33.8 Å². The molecule has 1 aromatic heterocycles. The van der Waals surface area contributed by atoms with E-state index < -0.39 is 0 Å². The normalized spacial score (nSPS) is 11.0. The molecule has 0 N–H and O–H groups in total. The molecule has 0 unspecified atom stereocenters. The molecule has 0 aliphatic carbocycles. The lowest BCUT2D eigenvalue weighted by atomic mass is 10.1. The molecule has 0 aliphatic rings. The van der Waals surface area contributed by atoms with Crippen LogP contribution in [-0.4, -0.2) is 14.2 Å². The van der Waals surface area contributed by atoms with Crippen LogP contribution in [0.2, 0.25) is 0 Å². The maximum absolute atomic E-state index is 13.4. The van der Waals surface area contributed by atoms with Crippen LogP contribution in [0.1, 0.15) is 5.56 Å². The van der Waals surface area contributed by atoms with Gasteiger partial charge in [-0.3, -0.25) is 4.79 Å². The Hall–Kier alpha value is -4.25. The summed E-state index contributed by atoms with van der Waals surface area (Å²) in [6.07, 6.45) is 0. The number of fused-ring (bicyclic) bond motifs is 2. The number of rotatable bonds is 6. The van der Waals surface area contributed by atoms with E-state index in [4.69, 9.17) is 18.6 Å². The summed E-state index contributed by atoms with van der Waals surface area (Å²) >= 11 is 0. The standard InChI is InChI=1S/C28H22O5/c1-30-24-15-14-19(16-25(24)31-2)27-28(26(29)22-12-5-6-13-23(22)33-27)32-17-20-10-7-9-18-8-3-4-11-21(18)20/h3-16H,17H2,1-2H3. The van der Waals surface area contributed by atoms with Crippen molar-refractivity contribution in [3.63, 3.8) is 0 Å². The molecule has 5 rings (SSSR count). The van der Waals surface area contributed by atoms with Crippen LogP contribution in [0, 0.1) is 0 Å². The third-order valence-electron chi connectivity index (χ3n) is 5.65. The van der Waals surface area contributed by atoms with Gasteiger partial charge in [0, 0.05) is 5.56 Å². The van der Waals surface area contributed by atoms with Crippen molar-refractivity contribution >= 4 is 21.7 Å². The van der Waals surface area contributed by atoms with E-state index in [1.54, 1.807) is 38.5 Å². The van der Waals surface area contributed by atoms with Crippen LogP contribution < -0.4 is 19.6 Å². The first kappa shape index (κ1) is 20.6. The van der Waals surface area contributed by atoms with E-state index in [1.807, 2.05) is 48.5 Å². The van der Waals surface area contributed by atoms with E-state index in [2.05, 4.69) is 12.1 Å². The van der Waals surface area contributed by atoms with Gasteiger partial charge in [0.25, 0.3) is 0 Å². The van der Waals surface area contributed by atoms with Crippen molar-refractivity contribution in [2.45, 2.75) is 6.61 Å². The molecular formula is C28H22O5. The summed E-state index contributed by atoms with van der Waals surface area (Å²) in [5.41, 5.74) is 1.91. The molecule has 0 fully saturated rings. The van der Waals surface area contributed by atoms with Crippen molar-refractivity contribution in [3.05, 3.63) is 101 Å². The smallest absolute Gasteiger partial charge is 0.235 e. The predicted molar refractivity (Wildman–Crippen MR) is 129 cm³/mol. The highest BCUT2D eigenvalue weighted by atomic mass is 16.5. The van der Waals surface area contributed by atoms with Gasteiger partial charge < -0.3 is 18.6 Å². The second-order valence-electron chi connectivity index (χ2n) is 7.58. The first-order valence-corrected chi connectivity index (χ1v) is 10.6. The second-order valence-corrected chi connectivity index (χ2v) is 7.58. The Bertz CT molecular complexity index is 1510. The second kappa shape index (κ2) is 8.71. The van der Waals surface area contributed by atoms with Crippen LogP contribution in [0.3, 0.4) is 0 Å². The molecular weight excluding hydrogens is 416 g/mol. The summed E-state index contributed by atoms with van der Waals surface area (Å²) < 4.78 is 23.2. The number of hydrogen-bond acceptors (Lipinski definition) is 5. The summed E-state index contributed by atoms with van der Waals surface area (Å²) in [7, 11) is 3.14. The van der Waals surface area contributed by atoms with Crippen molar-refractivity contribution in [3.8, 4) is 28.6 Å². The van der Waals surface area contributed by atoms with Crippen LogP contribution in [0.4, 0.5) is 0 Å². The van der Waals surface area contributed by atoms with Gasteiger partial charge in [0.15, 0.2) is 17.3 Å². The minimum Gasteiger partial charge on any atom is -0.493 e. The molecule has 0 bridgehead atoms. The third kappa shape index (κ3) is 3.78. The van der Waals surface area contributed by atoms with Crippen LogP contribution in [0.15, 0.2) is 94.1 Å². The van der Waals surface area contributed by atoms with Gasteiger partial charge in [-0.2, -0.15) is 0 Å². The molecule has 5 aromatic rings. The van der Waals surface area contributed by atoms with Crippen LogP contribution in [0.5, 0.6) is 17.2 Å². The number of benzene rings is 4. The van der Waals surface area contributed by atoms with Crippen molar-refractivity contribution in [2.75, 3.05) is 14.2 Å². The Morgan fingerprint density at radius 1 is 0.758 bits per heavy atom. The van der Waals surface area contributed by atoms with Gasteiger partial charge in [0.1, 0.15) is 12.2 Å². The SMILES string of the molecule is COc1ccc(-c2oc3ccccc3c(=O)c2OCc2cccc3ccccc23)cc1OC. The highest BCUT2D eigenvalue weighted by Crippen LogP contribution is 2.37. The van der Waals surface area contributed by atoms with Gasteiger partial charge in [0.05, 0.1) is 19.6 Å². The first-order chi connectivity index (χ1) is 16.2. The molecule has 0 radical (unpaired) electrons. The van der Waals surface area contributed by atoms with Crippen LogP contribution >= 0.6 is 0 Å². The van der Waals surface area contributed by atoms with E-state index >= 15 is 0 Å². The van der Waals surface area contributed by atoms with Gasteiger partial charge in [0.2, 0.25) is 11.2 Å². The summed E-state index contributed by atoms with van der Waals surface area (Å²) in [6.45, 7) is 0.227. The highest BCUT2D eigenvalue weighted by Gasteiger charge is 2.19. The summed E-state index contributed by atoms with van der Waals surface area (Å²) in [5.74, 6) is 1.63. The fourth-order valence-electron chi connectivity index (χ4n) is 3.99. The lowest BCUT2D eigenvalue weighted by Crippen LogP contribution is -2.10. The Kier molecular flexibility index (Phi) is 5.45. The van der Waals surface area contributed by atoms with Gasteiger partial charge >= 0.3 is 0 Å². The minimum atomic E-state index is -0.220. The van der Waals surface area contributed by atoms with Crippen LogP contribution in [0.25, 0.3) is 33.1 Å². The van der Waals surface area contributed by atoms with Crippen molar-refractivity contribution in [1.29, 1.82) is 0 Å². The average molecular weight is 438 g/mol. The molecule has 4 aromatic carbocycles. The molecule has 0 atom stereocenters. The van der Waals surface area contributed by atoms with Gasteiger partial charge in [-0.15, -0.1) is 0 Å². The van der Waals surface area contributed by atoms with E-state index in [-0.39, 0.29) is 17.8 Å². The molecule has 1 heterocycles. The number of hydrogen-bond donors (Lipinski definition) is 0. The number of ether oxygens (including phenoxy) is 3. The molecule has 0 aliphatic heterocycles. The monoisotopic (exact) mass is 438 g/mol. The average Bonchev–Trinajstić information content (AvgIpc) is 2.87. The molecule has 0 spiro atoms. The maximum atomic E-state index is 13.4. The van der Waals surface area contributed by atoms with Crippen molar-refractivity contribution in [2.24, 2.45) is 0 Å². The molecule has 164 valence electrons. The zero-order valence-electron chi connectivity index (χ0n) is 18.3. The lowest BCUT2D eigenvalue weighted by molar-refractivity contribution is 0.299. The number of methoxy groups -OCH3 is 2. The molecule has 5 nitrogen and oxygen atoms in total. The molecule has 5 heteroatoms. The lowest BCUT2D eigenvalue weighted by Gasteiger charge is -2.14. The van der Waals surface area contributed by atoms with Crippen molar-refractivity contribution < 1.29 is 18.6 Å². The number of para-hydroxylation sites is 1. The van der Waals surface area contributed by atoms with Gasteiger partial charge in [-0.1, -0.05) is 54.6 Å². The summed E-state index contributed by atoms with van der Waals surface area (Å²) in [6, 6.07) is 26.7. The molecule has 0 saturated heterocycles. The fraction of sp³-hybridized carbons (Fsp3) is 0.107. The van der Waals surface area contributed by atoms with E-state index in [1.165, 1.54) is 0 Å². The summed E-state index contributed by atoms with van der Waals surface area (Å²) in [4.78, 5) is 13.4. The van der Waals surface area contributed by atoms with Gasteiger partial charge in [-0.05, 0) is 46.7 Å². The Labute approximate surface area is 190 Å². The molecule has 0 amide bonds. The maximum Gasteiger partial charge on any atom is 0.235 e. The largest absolute Gasteiger partial charge is 0.493 e. The Morgan fingerprint density at radius 3 is 2.30 bits per heavy atom.